The van der Waals surface area contributed by atoms with Gasteiger partial charge in [-0.3, -0.25) is 14.6 Å². The van der Waals surface area contributed by atoms with E-state index in [-0.39, 0.29) is 5.91 Å². The summed E-state index contributed by atoms with van der Waals surface area (Å²) < 4.78 is 1.64. The van der Waals surface area contributed by atoms with E-state index in [4.69, 9.17) is 0 Å². The minimum Gasteiger partial charge on any atom is -0.335 e. The molecule has 0 aliphatic heterocycles. The Morgan fingerprint density at radius 3 is 3.10 bits per heavy atom. The van der Waals surface area contributed by atoms with Gasteiger partial charge in [0.25, 0.3) is 5.91 Å². The van der Waals surface area contributed by atoms with Gasteiger partial charge in [0, 0.05) is 30.7 Å². The number of rotatable bonds is 4. The van der Waals surface area contributed by atoms with Crippen molar-refractivity contribution in [3.63, 3.8) is 0 Å². The van der Waals surface area contributed by atoms with Gasteiger partial charge in [0.1, 0.15) is 11.7 Å². The Kier molecular flexibility index (Phi) is 3.69. The highest BCUT2D eigenvalue weighted by atomic mass is 16.2. The number of carbonyl (C=O) groups excluding carboxylic acids is 1. The molecule has 4 aromatic rings. The van der Waals surface area contributed by atoms with Crippen molar-refractivity contribution in [1.29, 1.82) is 0 Å². The first-order chi connectivity index (χ1) is 14.9. The van der Waals surface area contributed by atoms with Crippen LogP contribution in [0.4, 0.5) is 5.69 Å². The van der Waals surface area contributed by atoms with Gasteiger partial charge in [-0.25, -0.2) is 9.97 Å². The van der Waals surface area contributed by atoms with Crippen LogP contribution in [0.5, 0.6) is 0 Å². The molecule has 9 heteroatoms. The number of aromatic nitrogens is 7. The summed E-state index contributed by atoms with van der Waals surface area (Å²) in [6.45, 7) is 4.19. The lowest BCUT2D eigenvalue weighted by atomic mass is 9.88. The van der Waals surface area contributed by atoms with Crippen LogP contribution in [0.3, 0.4) is 0 Å². The fraction of sp³-hybridized carbons (Fsp3) is 0.409. The van der Waals surface area contributed by atoms with Crippen LogP contribution in [-0.4, -0.2) is 47.9 Å². The summed E-state index contributed by atoms with van der Waals surface area (Å²) >= 11 is 0. The number of imidazole rings is 1. The van der Waals surface area contributed by atoms with Crippen LogP contribution in [-0.2, 0) is 17.6 Å². The van der Waals surface area contributed by atoms with Gasteiger partial charge >= 0.3 is 0 Å². The maximum Gasteiger partial charge on any atom is 0.251 e. The SMILES string of the molecule is C[C@H](C(=O)N(C)c1cnc2nc(-c3n[nH]c4c3C[C@@H]3C[C@]3(C)C4)[nH]c2c1)n1cccn1. The molecule has 2 N–H and O–H groups in total. The molecule has 2 aliphatic rings. The zero-order chi connectivity index (χ0) is 21.3. The molecular weight excluding hydrogens is 392 g/mol. The zero-order valence-electron chi connectivity index (χ0n) is 17.8. The number of nitrogens with zero attached hydrogens (tertiary/aromatic N) is 6. The summed E-state index contributed by atoms with van der Waals surface area (Å²) in [7, 11) is 1.75. The molecule has 9 nitrogen and oxygen atoms in total. The first-order valence-electron chi connectivity index (χ1n) is 10.6. The molecule has 2 aliphatic carbocycles. The monoisotopic (exact) mass is 416 g/mol. The Balaban J connectivity index is 1.30. The lowest BCUT2D eigenvalue weighted by Crippen LogP contribution is -2.33. The van der Waals surface area contributed by atoms with E-state index in [1.807, 2.05) is 13.0 Å². The molecule has 1 amide bonds. The molecule has 3 atom stereocenters. The highest BCUT2D eigenvalue weighted by molar-refractivity contribution is 5.96. The molecule has 0 spiro atoms. The average molecular weight is 416 g/mol. The molecule has 1 saturated carbocycles. The quantitative estimate of drug-likeness (QED) is 0.532. The van der Waals surface area contributed by atoms with Crippen LogP contribution in [0.1, 0.15) is 37.6 Å². The molecule has 0 aromatic carbocycles. The topological polar surface area (TPSA) is 108 Å². The highest BCUT2D eigenvalue weighted by Crippen LogP contribution is 2.59. The zero-order valence-corrected chi connectivity index (χ0v) is 17.8. The minimum absolute atomic E-state index is 0.0709. The van der Waals surface area contributed by atoms with Gasteiger partial charge in [0.15, 0.2) is 11.5 Å². The molecule has 4 aromatic heterocycles. The van der Waals surface area contributed by atoms with E-state index in [2.05, 4.69) is 37.2 Å². The third-order valence-electron chi connectivity index (χ3n) is 7.07. The number of carbonyl (C=O) groups is 1. The fourth-order valence-corrected chi connectivity index (χ4v) is 4.87. The number of hydrogen-bond acceptors (Lipinski definition) is 5. The van der Waals surface area contributed by atoms with E-state index in [1.54, 1.807) is 41.3 Å². The van der Waals surface area contributed by atoms with E-state index in [0.717, 1.165) is 35.8 Å². The van der Waals surface area contributed by atoms with Crippen LogP contribution in [0.2, 0.25) is 0 Å². The number of aromatic amines is 2. The number of hydrogen-bond donors (Lipinski definition) is 2. The van der Waals surface area contributed by atoms with E-state index in [9.17, 15) is 4.79 Å². The molecule has 0 radical (unpaired) electrons. The lowest BCUT2D eigenvalue weighted by molar-refractivity contribution is -0.121. The van der Waals surface area contributed by atoms with Crippen molar-refractivity contribution in [3.8, 4) is 11.5 Å². The third-order valence-corrected chi connectivity index (χ3v) is 7.07. The molecule has 1 fully saturated rings. The summed E-state index contributed by atoms with van der Waals surface area (Å²) in [5.41, 5.74) is 5.94. The number of pyridine rings is 1. The Morgan fingerprint density at radius 1 is 1.42 bits per heavy atom. The molecule has 158 valence electrons. The number of likely N-dealkylation sites (N-methyl/N-ethyl adjacent to an activating group) is 1. The fourth-order valence-electron chi connectivity index (χ4n) is 4.87. The minimum atomic E-state index is -0.406. The third kappa shape index (κ3) is 2.79. The normalized spacial score (nSPS) is 22.7. The first kappa shape index (κ1) is 18.3. The van der Waals surface area contributed by atoms with Gasteiger partial charge in [-0.15, -0.1) is 0 Å². The lowest BCUT2D eigenvalue weighted by Gasteiger charge is -2.21. The van der Waals surface area contributed by atoms with Crippen LogP contribution in [0.15, 0.2) is 30.7 Å². The molecule has 0 bridgehead atoms. The van der Waals surface area contributed by atoms with Gasteiger partial charge in [-0.2, -0.15) is 10.2 Å². The van der Waals surface area contributed by atoms with Crippen molar-refractivity contribution in [1.82, 2.24) is 34.9 Å². The van der Waals surface area contributed by atoms with Crippen molar-refractivity contribution in [2.75, 3.05) is 11.9 Å². The molecule has 6 rings (SSSR count). The van der Waals surface area contributed by atoms with E-state index >= 15 is 0 Å². The number of anilines is 1. The number of amides is 1. The first-order valence-corrected chi connectivity index (χ1v) is 10.6. The molecule has 0 saturated heterocycles. The highest BCUT2D eigenvalue weighted by Gasteiger charge is 2.53. The van der Waals surface area contributed by atoms with Gasteiger partial charge in [0.05, 0.1) is 17.4 Å². The van der Waals surface area contributed by atoms with E-state index < -0.39 is 6.04 Å². The van der Waals surface area contributed by atoms with Crippen LogP contribution in [0.25, 0.3) is 22.7 Å². The second kappa shape index (κ2) is 6.26. The van der Waals surface area contributed by atoms with Crippen molar-refractivity contribution in [3.05, 3.63) is 42.0 Å². The van der Waals surface area contributed by atoms with Gasteiger partial charge in [0.2, 0.25) is 0 Å². The van der Waals surface area contributed by atoms with Crippen molar-refractivity contribution in [2.24, 2.45) is 11.3 Å². The maximum atomic E-state index is 12.9. The number of H-pyrrole nitrogens is 2. The van der Waals surface area contributed by atoms with E-state index in [0.29, 0.717) is 16.7 Å². The second-order valence-corrected chi connectivity index (χ2v) is 9.17. The molecule has 4 heterocycles. The van der Waals surface area contributed by atoms with Crippen molar-refractivity contribution >= 4 is 22.8 Å². The maximum absolute atomic E-state index is 12.9. The summed E-state index contributed by atoms with van der Waals surface area (Å²) in [4.78, 5) is 27.0. The van der Waals surface area contributed by atoms with E-state index in [1.165, 1.54) is 17.7 Å². The molecule has 0 unspecified atom stereocenters. The summed E-state index contributed by atoms with van der Waals surface area (Å²) in [6, 6.07) is 3.31. The standard InChI is InChI=1S/C22H24N8O/c1-12(30-6-4-5-24-30)21(31)29(3)14-8-16-19(23-11-14)26-20(25-16)18-15-7-13-9-22(13,2)10-17(15)27-28-18/h4-6,8,11-13H,7,9-10H2,1-3H3,(H,27,28)(H,23,25,26)/t12-,13-,22-/m1/s1. The largest absolute Gasteiger partial charge is 0.335 e. The number of nitrogens with one attached hydrogen (secondary N) is 2. The number of fused-ring (bicyclic) bond motifs is 3. The Hall–Kier alpha value is -3.49. The summed E-state index contributed by atoms with van der Waals surface area (Å²) in [5.74, 6) is 1.40. The van der Waals surface area contributed by atoms with Crippen LogP contribution >= 0.6 is 0 Å². The summed E-state index contributed by atoms with van der Waals surface area (Å²) in [5, 5.41) is 12.0. The Bertz CT molecular complexity index is 1300. The second-order valence-electron chi connectivity index (χ2n) is 9.17. The predicted octanol–water partition coefficient (Wildman–Crippen LogP) is 2.89. The van der Waals surface area contributed by atoms with Crippen LogP contribution < -0.4 is 4.90 Å². The van der Waals surface area contributed by atoms with Gasteiger partial charge in [-0.05, 0) is 49.7 Å². The van der Waals surface area contributed by atoms with Gasteiger partial charge < -0.3 is 9.88 Å². The van der Waals surface area contributed by atoms with Gasteiger partial charge in [-0.1, -0.05) is 6.92 Å². The predicted molar refractivity (Wildman–Crippen MR) is 115 cm³/mol. The molecule has 31 heavy (non-hydrogen) atoms. The molecular formula is C22H24N8O. The average Bonchev–Trinajstić information content (AvgIpc) is 3.23. The van der Waals surface area contributed by atoms with Crippen molar-refractivity contribution in [2.45, 2.75) is 39.2 Å². The smallest absolute Gasteiger partial charge is 0.251 e. The Morgan fingerprint density at radius 2 is 2.29 bits per heavy atom. The van der Waals surface area contributed by atoms with Crippen molar-refractivity contribution < 1.29 is 4.79 Å². The Labute approximate surface area is 178 Å². The summed E-state index contributed by atoms with van der Waals surface area (Å²) in [6.07, 6.45) is 8.53. The van der Waals surface area contributed by atoms with Crippen LogP contribution in [0, 0.1) is 11.3 Å².